The normalized spacial score (nSPS) is 17.5. The third kappa shape index (κ3) is 3.31. The van der Waals surface area contributed by atoms with Gasteiger partial charge in [-0.2, -0.15) is 13.2 Å². The lowest BCUT2D eigenvalue weighted by Crippen LogP contribution is -2.23. The second-order valence-electron chi connectivity index (χ2n) is 5.41. The Bertz CT molecular complexity index is 530. The van der Waals surface area contributed by atoms with E-state index in [4.69, 9.17) is 0 Å². The van der Waals surface area contributed by atoms with E-state index in [1.54, 1.807) is 0 Å². The van der Waals surface area contributed by atoms with Gasteiger partial charge in [-0.1, -0.05) is 25.7 Å². The van der Waals surface area contributed by atoms with Crippen LogP contribution in [-0.2, 0) is 0 Å². The van der Waals surface area contributed by atoms with Crippen molar-refractivity contribution >= 4 is 5.78 Å². The number of aromatic hydroxyl groups is 2. The van der Waals surface area contributed by atoms with Crippen LogP contribution in [0.4, 0.5) is 13.2 Å². The summed E-state index contributed by atoms with van der Waals surface area (Å²) in [4.78, 5) is 11.3. The van der Waals surface area contributed by atoms with Crippen molar-refractivity contribution in [1.29, 1.82) is 0 Å². The summed E-state index contributed by atoms with van der Waals surface area (Å²) >= 11 is 0. The first-order valence-electron chi connectivity index (χ1n) is 6.98. The second kappa shape index (κ2) is 5.95. The average Bonchev–Trinajstić information content (AvgIpc) is 2.66. The van der Waals surface area contributed by atoms with Crippen LogP contribution in [0.2, 0.25) is 0 Å². The lowest BCUT2D eigenvalue weighted by atomic mass is 9.88. The lowest BCUT2D eigenvalue weighted by molar-refractivity contribution is -0.0886. The van der Waals surface area contributed by atoms with Crippen molar-refractivity contribution in [2.75, 3.05) is 0 Å². The number of benzene rings is 1. The van der Waals surface area contributed by atoms with Gasteiger partial charge in [0.05, 0.1) is 5.56 Å². The van der Waals surface area contributed by atoms with Crippen LogP contribution in [0.25, 0.3) is 0 Å². The molecule has 1 aromatic rings. The molecule has 0 spiro atoms. The van der Waals surface area contributed by atoms with Crippen LogP contribution < -0.4 is 0 Å². The summed E-state index contributed by atoms with van der Waals surface area (Å²) in [5.74, 6) is -3.29. The number of carbonyl (C=O) groups is 1. The number of hydrogen-bond acceptors (Lipinski definition) is 3. The highest BCUT2D eigenvalue weighted by Gasteiger charge is 2.41. The van der Waals surface area contributed by atoms with Gasteiger partial charge in [-0.15, -0.1) is 0 Å². The number of ketones is 1. The Labute approximate surface area is 120 Å². The molecule has 2 rings (SSSR count). The zero-order valence-corrected chi connectivity index (χ0v) is 11.4. The fourth-order valence-corrected chi connectivity index (χ4v) is 2.90. The van der Waals surface area contributed by atoms with Crippen LogP contribution in [-0.4, -0.2) is 22.2 Å². The molecule has 1 saturated carbocycles. The van der Waals surface area contributed by atoms with Crippen LogP contribution in [0.3, 0.4) is 0 Å². The minimum atomic E-state index is -5.05. The molecule has 1 aromatic carbocycles. The molecule has 0 aliphatic heterocycles. The van der Waals surface area contributed by atoms with Gasteiger partial charge in [-0.25, -0.2) is 0 Å². The summed E-state index contributed by atoms with van der Waals surface area (Å²) in [7, 11) is 0. The Morgan fingerprint density at radius 3 is 2.14 bits per heavy atom. The molecule has 0 unspecified atom stereocenters. The molecule has 1 aliphatic carbocycles. The van der Waals surface area contributed by atoms with Gasteiger partial charge in [0.15, 0.2) is 0 Å². The molecule has 0 heterocycles. The molecule has 6 heteroatoms. The van der Waals surface area contributed by atoms with Crippen LogP contribution in [0.1, 0.15) is 60.4 Å². The SMILES string of the molecule is O=C(c1ccc(O)c(C2CCCCCC2)c1O)C(F)(F)F. The topological polar surface area (TPSA) is 57.5 Å². The lowest BCUT2D eigenvalue weighted by Gasteiger charge is -2.19. The minimum Gasteiger partial charge on any atom is -0.508 e. The highest BCUT2D eigenvalue weighted by molar-refractivity contribution is 6.03. The quantitative estimate of drug-likeness (QED) is 0.633. The molecule has 3 nitrogen and oxygen atoms in total. The first-order valence-corrected chi connectivity index (χ1v) is 6.98. The zero-order valence-electron chi connectivity index (χ0n) is 11.4. The van der Waals surface area contributed by atoms with Crippen molar-refractivity contribution < 1.29 is 28.2 Å². The third-order valence-corrected chi connectivity index (χ3v) is 3.96. The summed E-state index contributed by atoms with van der Waals surface area (Å²) in [5, 5.41) is 20.0. The molecule has 1 aliphatic rings. The fourth-order valence-electron chi connectivity index (χ4n) is 2.90. The van der Waals surface area contributed by atoms with Gasteiger partial charge in [-0.05, 0) is 30.9 Å². The average molecular weight is 302 g/mol. The summed E-state index contributed by atoms with van der Waals surface area (Å²) < 4.78 is 37.6. The first kappa shape index (κ1) is 15.7. The number of Topliss-reactive ketones (excluding diaryl/α,β-unsaturated/α-hetero) is 1. The summed E-state index contributed by atoms with van der Waals surface area (Å²) in [6.45, 7) is 0. The standard InChI is InChI=1S/C15H17F3O3/c16-15(17,18)14(21)10-7-8-11(19)12(13(10)20)9-5-3-1-2-4-6-9/h7-9,19-20H,1-6H2. The van der Waals surface area contributed by atoms with Crippen molar-refractivity contribution in [3.05, 3.63) is 23.3 Å². The molecular formula is C15H17F3O3. The number of phenolic OH excluding ortho intramolecular Hbond substituents is 2. The van der Waals surface area contributed by atoms with Crippen molar-refractivity contribution in [3.8, 4) is 11.5 Å². The van der Waals surface area contributed by atoms with Crippen molar-refractivity contribution in [3.63, 3.8) is 0 Å². The van der Waals surface area contributed by atoms with Crippen molar-refractivity contribution in [2.24, 2.45) is 0 Å². The highest BCUT2D eigenvalue weighted by Crippen LogP contribution is 2.43. The smallest absolute Gasteiger partial charge is 0.455 e. The highest BCUT2D eigenvalue weighted by atomic mass is 19.4. The molecular weight excluding hydrogens is 285 g/mol. The Kier molecular flexibility index (Phi) is 4.44. The maximum absolute atomic E-state index is 12.5. The third-order valence-electron chi connectivity index (χ3n) is 3.96. The maximum Gasteiger partial charge on any atom is 0.455 e. The molecule has 0 aromatic heterocycles. The van der Waals surface area contributed by atoms with E-state index in [9.17, 15) is 28.2 Å². The number of halogens is 3. The minimum absolute atomic E-state index is 0.0759. The van der Waals surface area contributed by atoms with E-state index in [1.165, 1.54) is 0 Å². The molecule has 0 amide bonds. The number of alkyl halides is 3. The van der Waals surface area contributed by atoms with Gasteiger partial charge >= 0.3 is 6.18 Å². The van der Waals surface area contributed by atoms with Crippen LogP contribution in [0.15, 0.2) is 12.1 Å². The summed E-state index contributed by atoms with van der Waals surface area (Å²) in [6.07, 6.45) is 0.158. The van der Waals surface area contributed by atoms with E-state index in [0.29, 0.717) is 12.8 Å². The number of phenols is 2. The van der Waals surface area contributed by atoms with E-state index >= 15 is 0 Å². The number of carbonyl (C=O) groups excluding carboxylic acids is 1. The predicted octanol–water partition coefficient (Wildman–Crippen LogP) is 4.28. The molecule has 1 fully saturated rings. The Balaban J connectivity index is 2.43. The maximum atomic E-state index is 12.5. The number of rotatable bonds is 2. The molecule has 0 radical (unpaired) electrons. The van der Waals surface area contributed by atoms with E-state index < -0.39 is 23.3 Å². The van der Waals surface area contributed by atoms with Crippen molar-refractivity contribution in [2.45, 2.75) is 50.6 Å². The van der Waals surface area contributed by atoms with E-state index in [0.717, 1.165) is 37.8 Å². The molecule has 2 N–H and O–H groups in total. The zero-order chi connectivity index (χ0) is 15.6. The van der Waals surface area contributed by atoms with Gasteiger partial charge in [-0.3, -0.25) is 4.79 Å². The predicted molar refractivity (Wildman–Crippen MR) is 70.6 cm³/mol. The number of hydrogen-bond donors (Lipinski definition) is 2. The van der Waals surface area contributed by atoms with Gasteiger partial charge in [0.2, 0.25) is 0 Å². The largest absolute Gasteiger partial charge is 0.508 e. The van der Waals surface area contributed by atoms with Crippen molar-refractivity contribution in [1.82, 2.24) is 0 Å². The fraction of sp³-hybridized carbons (Fsp3) is 0.533. The Morgan fingerprint density at radius 1 is 1.05 bits per heavy atom. The van der Waals surface area contributed by atoms with Crippen LogP contribution >= 0.6 is 0 Å². The van der Waals surface area contributed by atoms with Gasteiger partial charge in [0.25, 0.3) is 5.78 Å². The molecule has 0 atom stereocenters. The van der Waals surface area contributed by atoms with E-state index in [1.807, 2.05) is 0 Å². The van der Waals surface area contributed by atoms with E-state index in [-0.39, 0.29) is 17.2 Å². The monoisotopic (exact) mass is 302 g/mol. The second-order valence-corrected chi connectivity index (χ2v) is 5.41. The summed E-state index contributed by atoms with van der Waals surface area (Å²) in [5.41, 5.74) is -0.716. The van der Waals surface area contributed by atoms with E-state index in [2.05, 4.69) is 0 Å². The molecule has 0 saturated heterocycles. The Morgan fingerprint density at radius 2 is 1.62 bits per heavy atom. The first-order chi connectivity index (χ1) is 9.82. The molecule has 116 valence electrons. The van der Waals surface area contributed by atoms with Crippen LogP contribution in [0, 0.1) is 0 Å². The molecule has 0 bridgehead atoms. The van der Waals surface area contributed by atoms with Gasteiger partial charge < -0.3 is 10.2 Å². The molecule has 21 heavy (non-hydrogen) atoms. The Hall–Kier alpha value is -1.72. The van der Waals surface area contributed by atoms with Gasteiger partial charge in [0, 0.05) is 5.56 Å². The van der Waals surface area contributed by atoms with Gasteiger partial charge in [0.1, 0.15) is 11.5 Å². The van der Waals surface area contributed by atoms with Crippen LogP contribution in [0.5, 0.6) is 11.5 Å². The summed E-state index contributed by atoms with van der Waals surface area (Å²) in [6, 6.07) is 1.87.